The van der Waals surface area contributed by atoms with Gasteiger partial charge in [0.2, 0.25) is 0 Å². The number of hydrogen-bond donors (Lipinski definition) is 2. The van der Waals surface area contributed by atoms with E-state index in [0.29, 0.717) is 39.0 Å². The molecule has 1 amide bonds. The van der Waals surface area contributed by atoms with Crippen LogP contribution in [-0.2, 0) is 26.6 Å². The SMILES string of the molecule is COc1ccc(C)cc1NS(=O)(=O)c1ccc(NC(=O)c2ccc(CN(c3cc(Cl)ccc3C)S(=O)(=O)c3ccccc3)cc2)cc1. The average Bonchev–Trinajstić information content (AvgIpc) is 3.05. The molecule has 5 aromatic carbocycles. The van der Waals surface area contributed by atoms with Crippen molar-refractivity contribution in [3.8, 4) is 5.75 Å². The topological polar surface area (TPSA) is 122 Å². The van der Waals surface area contributed by atoms with Crippen molar-refractivity contribution in [2.45, 2.75) is 30.2 Å². The van der Waals surface area contributed by atoms with Gasteiger partial charge in [0.1, 0.15) is 5.75 Å². The highest BCUT2D eigenvalue weighted by Gasteiger charge is 2.27. The lowest BCUT2D eigenvalue weighted by Crippen LogP contribution is -2.31. The minimum atomic E-state index is -3.95. The molecule has 0 atom stereocenters. The standard InChI is InChI=1S/C35H32ClN3O6S2/c1-24-9-20-34(45-3)32(21-24)38-46(41,42)30-18-16-29(17-19-30)37-35(40)27-13-11-26(12-14-27)23-39(33-22-28(36)15-10-25(33)2)47(43,44)31-7-5-4-6-8-31/h4-22,38H,23H2,1-3H3,(H,37,40). The van der Waals surface area contributed by atoms with Crippen LogP contribution < -0.4 is 19.1 Å². The highest BCUT2D eigenvalue weighted by molar-refractivity contribution is 7.93. The predicted molar refractivity (Wildman–Crippen MR) is 185 cm³/mol. The van der Waals surface area contributed by atoms with Gasteiger partial charge in [-0.2, -0.15) is 0 Å². The van der Waals surface area contributed by atoms with Crippen LogP contribution in [0.4, 0.5) is 17.1 Å². The van der Waals surface area contributed by atoms with Gasteiger partial charge >= 0.3 is 0 Å². The maximum Gasteiger partial charge on any atom is 0.264 e. The van der Waals surface area contributed by atoms with Gasteiger partial charge in [-0.25, -0.2) is 16.8 Å². The van der Waals surface area contributed by atoms with Gasteiger partial charge in [-0.15, -0.1) is 0 Å². The second-order valence-corrected chi connectivity index (χ2v) is 14.7. The van der Waals surface area contributed by atoms with Gasteiger partial charge in [0.25, 0.3) is 26.0 Å². The molecule has 0 unspecified atom stereocenters. The molecular weight excluding hydrogens is 658 g/mol. The Labute approximate surface area is 279 Å². The fraction of sp³-hybridized carbons (Fsp3) is 0.114. The summed E-state index contributed by atoms with van der Waals surface area (Å²) in [5, 5.41) is 3.16. The van der Waals surface area contributed by atoms with Crippen molar-refractivity contribution in [1.29, 1.82) is 0 Å². The number of halogens is 1. The molecule has 0 aliphatic rings. The Hall–Kier alpha value is -4.84. The van der Waals surface area contributed by atoms with Crippen molar-refractivity contribution in [2.75, 3.05) is 21.5 Å². The summed E-state index contributed by atoms with van der Waals surface area (Å²) in [4.78, 5) is 13.2. The van der Waals surface area contributed by atoms with Crippen LogP contribution in [0.2, 0.25) is 5.02 Å². The van der Waals surface area contributed by atoms with Crippen LogP contribution in [0, 0.1) is 13.8 Å². The van der Waals surface area contributed by atoms with Crippen molar-refractivity contribution < 1.29 is 26.4 Å². The number of sulfonamides is 2. The van der Waals surface area contributed by atoms with E-state index in [1.165, 1.54) is 47.8 Å². The Bertz CT molecular complexity index is 2120. The zero-order valence-electron chi connectivity index (χ0n) is 25.8. The summed E-state index contributed by atoms with van der Waals surface area (Å²) >= 11 is 6.26. The van der Waals surface area contributed by atoms with E-state index in [1.54, 1.807) is 72.8 Å². The van der Waals surface area contributed by atoms with Crippen molar-refractivity contribution in [2.24, 2.45) is 0 Å². The molecule has 12 heteroatoms. The van der Waals surface area contributed by atoms with Crippen LogP contribution in [0.3, 0.4) is 0 Å². The minimum absolute atomic E-state index is 0.00128. The minimum Gasteiger partial charge on any atom is -0.495 e. The molecule has 2 N–H and O–H groups in total. The highest BCUT2D eigenvalue weighted by atomic mass is 35.5. The van der Waals surface area contributed by atoms with Crippen LogP contribution in [0.5, 0.6) is 5.75 Å². The number of carbonyl (C=O) groups excluding carboxylic acids is 1. The van der Waals surface area contributed by atoms with E-state index in [0.717, 1.165) is 11.1 Å². The van der Waals surface area contributed by atoms with E-state index >= 15 is 0 Å². The summed E-state index contributed by atoms with van der Waals surface area (Å²) in [5.74, 6) is -0.0339. The van der Waals surface area contributed by atoms with Crippen LogP contribution in [-0.4, -0.2) is 29.9 Å². The summed E-state index contributed by atoms with van der Waals surface area (Å²) < 4.78 is 62.7. The zero-order valence-corrected chi connectivity index (χ0v) is 28.2. The molecule has 242 valence electrons. The third-order valence-corrected chi connectivity index (χ3v) is 10.7. The number of amides is 1. The number of nitrogens with one attached hydrogen (secondary N) is 2. The van der Waals surface area contributed by atoms with E-state index in [4.69, 9.17) is 16.3 Å². The Kier molecular flexibility index (Phi) is 9.90. The van der Waals surface area contributed by atoms with Gasteiger partial charge < -0.3 is 10.1 Å². The number of ether oxygens (including phenoxy) is 1. The normalized spacial score (nSPS) is 11.5. The van der Waals surface area contributed by atoms with Crippen LogP contribution in [0.15, 0.2) is 125 Å². The average molecular weight is 690 g/mol. The maximum atomic E-state index is 13.8. The largest absolute Gasteiger partial charge is 0.495 e. The number of benzene rings is 5. The first-order valence-electron chi connectivity index (χ1n) is 14.4. The molecule has 0 radical (unpaired) electrons. The molecule has 0 spiro atoms. The summed E-state index contributed by atoms with van der Waals surface area (Å²) in [6, 6.07) is 30.7. The monoisotopic (exact) mass is 689 g/mol. The van der Waals surface area contributed by atoms with Gasteiger partial charge in [0, 0.05) is 16.3 Å². The van der Waals surface area contributed by atoms with E-state index in [9.17, 15) is 21.6 Å². The van der Waals surface area contributed by atoms with Crippen molar-refractivity contribution in [3.05, 3.63) is 143 Å². The Morgan fingerprint density at radius 2 is 1.47 bits per heavy atom. The fourth-order valence-corrected chi connectivity index (χ4v) is 7.58. The Morgan fingerprint density at radius 1 is 0.787 bits per heavy atom. The molecule has 5 rings (SSSR count). The number of anilines is 3. The zero-order chi connectivity index (χ0) is 33.8. The second kappa shape index (κ2) is 13.9. The maximum absolute atomic E-state index is 13.8. The quantitative estimate of drug-likeness (QED) is 0.149. The molecular formula is C35H32ClN3O6S2. The molecule has 0 saturated heterocycles. The molecule has 47 heavy (non-hydrogen) atoms. The lowest BCUT2D eigenvalue weighted by molar-refractivity contribution is 0.102. The number of methoxy groups -OCH3 is 1. The van der Waals surface area contributed by atoms with Gasteiger partial charge in [-0.05, 0) is 103 Å². The van der Waals surface area contributed by atoms with Gasteiger partial charge in [0.15, 0.2) is 0 Å². The molecule has 0 aliphatic heterocycles. The molecule has 0 bridgehead atoms. The number of aryl methyl sites for hydroxylation is 2. The number of rotatable bonds is 11. The molecule has 0 saturated carbocycles. The third kappa shape index (κ3) is 7.76. The Balaban J connectivity index is 1.31. The first-order valence-corrected chi connectivity index (χ1v) is 17.7. The van der Waals surface area contributed by atoms with E-state index in [-0.39, 0.29) is 16.3 Å². The molecule has 0 aliphatic carbocycles. The van der Waals surface area contributed by atoms with Crippen molar-refractivity contribution >= 4 is 54.6 Å². The third-order valence-electron chi connectivity index (χ3n) is 7.34. The van der Waals surface area contributed by atoms with Crippen LogP contribution in [0.25, 0.3) is 0 Å². The molecule has 0 aromatic heterocycles. The predicted octanol–water partition coefficient (Wildman–Crippen LogP) is 7.41. The number of carbonyl (C=O) groups is 1. The van der Waals surface area contributed by atoms with Crippen molar-refractivity contribution in [1.82, 2.24) is 0 Å². The molecule has 5 aromatic rings. The van der Waals surface area contributed by atoms with Gasteiger partial charge in [-0.1, -0.05) is 54.1 Å². The van der Waals surface area contributed by atoms with Gasteiger partial charge in [-0.3, -0.25) is 13.8 Å². The number of hydrogen-bond acceptors (Lipinski definition) is 6. The Morgan fingerprint density at radius 3 is 2.13 bits per heavy atom. The van der Waals surface area contributed by atoms with E-state index < -0.39 is 26.0 Å². The first kappa shape index (κ1) is 33.5. The summed E-state index contributed by atoms with van der Waals surface area (Å²) in [7, 11) is -6.42. The molecule has 9 nitrogen and oxygen atoms in total. The summed E-state index contributed by atoms with van der Waals surface area (Å²) in [6.07, 6.45) is 0. The second-order valence-electron chi connectivity index (χ2n) is 10.7. The lowest BCUT2D eigenvalue weighted by Gasteiger charge is -2.26. The van der Waals surface area contributed by atoms with E-state index in [1.807, 2.05) is 19.9 Å². The first-order chi connectivity index (χ1) is 22.4. The number of nitrogens with zero attached hydrogens (tertiary/aromatic N) is 1. The smallest absolute Gasteiger partial charge is 0.264 e. The van der Waals surface area contributed by atoms with Crippen LogP contribution >= 0.6 is 11.6 Å². The molecule has 0 fully saturated rings. The lowest BCUT2D eigenvalue weighted by atomic mass is 10.1. The summed E-state index contributed by atoms with van der Waals surface area (Å²) in [5.41, 5.74) is 3.72. The van der Waals surface area contributed by atoms with Gasteiger partial charge in [0.05, 0.1) is 34.8 Å². The van der Waals surface area contributed by atoms with Crippen LogP contribution in [0.1, 0.15) is 27.0 Å². The van der Waals surface area contributed by atoms with E-state index in [2.05, 4.69) is 10.0 Å². The fourth-order valence-electron chi connectivity index (χ4n) is 4.82. The highest BCUT2D eigenvalue weighted by Crippen LogP contribution is 2.32. The molecule has 0 heterocycles. The van der Waals surface area contributed by atoms with Crippen molar-refractivity contribution in [3.63, 3.8) is 0 Å². The summed E-state index contributed by atoms with van der Waals surface area (Å²) in [6.45, 7) is 3.65.